The summed E-state index contributed by atoms with van der Waals surface area (Å²) in [6.07, 6.45) is 11.5. The minimum absolute atomic E-state index is 0.299. The molecule has 222 valence electrons. The van der Waals surface area contributed by atoms with Crippen molar-refractivity contribution in [2.45, 2.75) is 104 Å². The summed E-state index contributed by atoms with van der Waals surface area (Å²) >= 11 is 0. The monoisotopic (exact) mass is 558 g/mol. The van der Waals surface area contributed by atoms with Crippen LogP contribution in [0, 0.1) is 0 Å². The molecule has 0 heterocycles. The van der Waals surface area contributed by atoms with E-state index < -0.39 is 18.2 Å². The number of benzene rings is 2. The summed E-state index contributed by atoms with van der Waals surface area (Å²) in [7, 11) is 0. The van der Waals surface area contributed by atoms with E-state index in [0.717, 1.165) is 32.1 Å². The van der Waals surface area contributed by atoms with E-state index in [0.29, 0.717) is 42.3 Å². The number of unbranched alkanes of at least 4 members (excludes halogenated alkanes) is 8. The number of rotatable bonds is 22. The lowest BCUT2D eigenvalue weighted by Crippen LogP contribution is -2.22. The Hall–Kier alpha value is -3.10. The Morgan fingerprint density at radius 3 is 1.35 bits per heavy atom. The van der Waals surface area contributed by atoms with Crippen molar-refractivity contribution in [3.8, 4) is 11.5 Å². The molecule has 0 aliphatic rings. The molecule has 2 aromatic carbocycles. The maximum absolute atomic E-state index is 12.5. The summed E-state index contributed by atoms with van der Waals surface area (Å²) in [5.74, 6) is -0.0287. The average molecular weight is 559 g/mol. The molecular weight excluding hydrogens is 512 g/mol. The molecule has 0 N–H and O–H groups in total. The quantitative estimate of drug-likeness (QED) is 0.0616. The normalized spacial score (nSPS) is 10.9. The van der Waals surface area contributed by atoms with Gasteiger partial charge < -0.3 is 9.47 Å². The van der Waals surface area contributed by atoms with Crippen LogP contribution in [0.2, 0.25) is 0 Å². The summed E-state index contributed by atoms with van der Waals surface area (Å²) < 4.78 is 11.1. The van der Waals surface area contributed by atoms with Crippen molar-refractivity contribution in [1.29, 1.82) is 0 Å². The van der Waals surface area contributed by atoms with Crippen molar-refractivity contribution in [3.05, 3.63) is 59.7 Å². The first-order valence-corrected chi connectivity index (χ1v) is 14.8. The van der Waals surface area contributed by atoms with E-state index >= 15 is 0 Å². The zero-order chi connectivity index (χ0) is 28.8. The summed E-state index contributed by atoms with van der Waals surface area (Å²) in [6, 6.07) is 13.2. The zero-order valence-corrected chi connectivity index (χ0v) is 24.4. The third kappa shape index (κ3) is 13.8. The second-order valence-corrected chi connectivity index (χ2v) is 9.73. The lowest BCUT2D eigenvalue weighted by Gasteiger charge is -2.15. The molecule has 2 aromatic rings. The van der Waals surface area contributed by atoms with Crippen LogP contribution < -0.4 is 9.47 Å². The standard InChI is InChI=1S/C32H46O8/c1-4-7-8-9-10-11-12-13-14-15-30(37-39-31(33)26-16-20-28(21-17-26)35-24-5-2)38-40-32(34)27-18-22-29(23-19-27)36-25-6-3/h16-23,30H,4-15,24-25H2,1-3H3. The molecule has 0 aliphatic carbocycles. The van der Waals surface area contributed by atoms with Crippen LogP contribution in [0.1, 0.15) is 119 Å². The topological polar surface area (TPSA) is 89.5 Å². The summed E-state index contributed by atoms with van der Waals surface area (Å²) in [4.78, 5) is 45.6. The van der Waals surface area contributed by atoms with Crippen molar-refractivity contribution in [2.75, 3.05) is 13.2 Å². The highest BCUT2D eigenvalue weighted by Gasteiger charge is 2.20. The molecule has 40 heavy (non-hydrogen) atoms. The second kappa shape index (κ2) is 20.8. The third-order valence-electron chi connectivity index (χ3n) is 6.13. The van der Waals surface area contributed by atoms with Crippen molar-refractivity contribution in [1.82, 2.24) is 0 Å². The molecule has 8 heteroatoms. The molecule has 0 spiro atoms. The van der Waals surface area contributed by atoms with Gasteiger partial charge in [0.15, 0.2) is 0 Å². The Morgan fingerprint density at radius 1 is 0.550 bits per heavy atom. The van der Waals surface area contributed by atoms with Gasteiger partial charge in [-0.2, -0.15) is 0 Å². The minimum atomic E-state index is -1.06. The lowest BCUT2D eigenvalue weighted by atomic mass is 10.1. The van der Waals surface area contributed by atoms with Crippen molar-refractivity contribution < 1.29 is 38.6 Å². The van der Waals surface area contributed by atoms with E-state index in [1.54, 1.807) is 48.5 Å². The van der Waals surface area contributed by atoms with Crippen LogP contribution in [0.15, 0.2) is 48.5 Å². The van der Waals surface area contributed by atoms with Crippen LogP contribution in [0.4, 0.5) is 0 Å². The Morgan fingerprint density at radius 2 is 0.950 bits per heavy atom. The molecule has 0 saturated heterocycles. The zero-order valence-electron chi connectivity index (χ0n) is 24.4. The summed E-state index contributed by atoms with van der Waals surface area (Å²) in [6.45, 7) is 7.45. The highest BCUT2D eigenvalue weighted by Crippen LogP contribution is 2.18. The Kier molecular flexibility index (Phi) is 17.2. The molecule has 0 radical (unpaired) electrons. The van der Waals surface area contributed by atoms with Crippen LogP contribution in [-0.2, 0) is 19.6 Å². The maximum atomic E-state index is 12.5. The number of ether oxygens (including phenoxy) is 2. The first-order chi connectivity index (χ1) is 19.6. The number of hydrogen-bond donors (Lipinski definition) is 0. The predicted octanol–water partition coefficient (Wildman–Crippen LogP) is 8.39. The van der Waals surface area contributed by atoms with Crippen LogP contribution in [-0.4, -0.2) is 31.4 Å². The summed E-state index contributed by atoms with van der Waals surface area (Å²) in [5.41, 5.74) is 0.598. The Bertz CT molecular complexity index is 875. The molecule has 0 fully saturated rings. The van der Waals surface area contributed by atoms with E-state index in [2.05, 4.69) is 6.92 Å². The van der Waals surface area contributed by atoms with Gasteiger partial charge in [-0.25, -0.2) is 9.59 Å². The van der Waals surface area contributed by atoms with Crippen molar-refractivity contribution in [3.63, 3.8) is 0 Å². The molecule has 0 saturated carbocycles. The molecule has 0 unspecified atom stereocenters. The predicted molar refractivity (Wildman–Crippen MR) is 153 cm³/mol. The fraction of sp³-hybridized carbons (Fsp3) is 0.562. The van der Waals surface area contributed by atoms with Gasteiger partial charge in [-0.3, -0.25) is 9.78 Å². The highest BCUT2D eigenvalue weighted by atomic mass is 17.3. The van der Waals surface area contributed by atoms with Gasteiger partial charge in [-0.05, 0) is 67.8 Å². The molecule has 0 bridgehead atoms. The fourth-order valence-electron chi connectivity index (χ4n) is 3.84. The van der Waals surface area contributed by atoms with E-state index in [9.17, 15) is 9.59 Å². The van der Waals surface area contributed by atoms with E-state index in [1.807, 2.05) is 13.8 Å². The number of carbonyl (C=O) groups is 2. The van der Waals surface area contributed by atoms with Crippen LogP contribution >= 0.6 is 0 Å². The van der Waals surface area contributed by atoms with E-state index in [-0.39, 0.29) is 0 Å². The van der Waals surface area contributed by atoms with Gasteiger partial charge in [0.1, 0.15) is 11.5 Å². The van der Waals surface area contributed by atoms with Crippen LogP contribution in [0.3, 0.4) is 0 Å². The van der Waals surface area contributed by atoms with Gasteiger partial charge in [-0.15, -0.1) is 9.78 Å². The third-order valence-corrected chi connectivity index (χ3v) is 6.13. The van der Waals surface area contributed by atoms with Gasteiger partial charge in [0.05, 0.1) is 24.3 Å². The smallest absolute Gasteiger partial charge is 0.373 e. The minimum Gasteiger partial charge on any atom is -0.494 e. The fourth-order valence-corrected chi connectivity index (χ4v) is 3.84. The van der Waals surface area contributed by atoms with Crippen molar-refractivity contribution in [2.24, 2.45) is 0 Å². The number of hydrogen-bond acceptors (Lipinski definition) is 8. The largest absolute Gasteiger partial charge is 0.494 e. The lowest BCUT2D eigenvalue weighted by molar-refractivity contribution is -0.421. The first-order valence-electron chi connectivity index (χ1n) is 14.8. The molecule has 0 amide bonds. The van der Waals surface area contributed by atoms with Gasteiger partial charge >= 0.3 is 11.9 Å². The van der Waals surface area contributed by atoms with Crippen LogP contribution in [0.5, 0.6) is 11.5 Å². The Balaban J connectivity index is 1.85. The molecular formula is C32H46O8. The van der Waals surface area contributed by atoms with E-state index in [4.69, 9.17) is 29.0 Å². The van der Waals surface area contributed by atoms with Gasteiger partial charge in [0.2, 0.25) is 6.29 Å². The van der Waals surface area contributed by atoms with Gasteiger partial charge in [0.25, 0.3) is 0 Å². The molecule has 0 atom stereocenters. The first kappa shape index (κ1) is 33.1. The van der Waals surface area contributed by atoms with Gasteiger partial charge in [0, 0.05) is 6.42 Å². The van der Waals surface area contributed by atoms with Gasteiger partial charge in [-0.1, -0.05) is 72.1 Å². The highest BCUT2D eigenvalue weighted by molar-refractivity contribution is 5.89. The van der Waals surface area contributed by atoms with E-state index in [1.165, 1.54) is 38.5 Å². The second-order valence-electron chi connectivity index (χ2n) is 9.73. The number of carbonyl (C=O) groups excluding carboxylic acids is 2. The van der Waals surface area contributed by atoms with Crippen molar-refractivity contribution >= 4 is 11.9 Å². The molecule has 2 rings (SSSR count). The molecule has 0 aromatic heterocycles. The molecule has 8 nitrogen and oxygen atoms in total. The SMILES string of the molecule is CCCCCCCCCCCC(OOC(=O)c1ccc(OCCC)cc1)OOC(=O)c1ccc(OCCC)cc1. The Labute approximate surface area is 239 Å². The maximum Gasteiger partial charge on any atom is 0.373 e. The molecule has 0 aliphatic heterocycles. The van der Waals surface area contributed by atoms with Crippen LogP contribution in [0.25, 0.3) is 0 Å². The average Bonchev–Trinajstić information content (AvgIpc) is 2.99. The summed E-state index contributed by atoms with van der Waals surface area (Å²) in [5, 5.41) is 0.